The van der Waals surface area contributed by atoms with Gasteiger partial charge in [0.25, 0.3) is 11.8 Å². The van der Waals surface area contributed by atoms with Crippen LogP contribution in [0.15, 0.2) is 97.1 Å². The van der Waals surface area contributed by atoms with Gasteiger partial charge in [0.1, 0.15) is 23.0 Å². The molecule has 6 N–H and O–H groups in total. The maximum absolute atomic E-state index is 15.0. The van der Waals surface area contributed by atoms with Crippen LogP contribution in [0.1, 0.15) is 56.8 Å². The van der Waals surface area contributed by atoms with Gasteiger partial charge in [-0.25, -0.2) is 0 Å². The molecule has 0 heterocycles. The average molecular weight is 966 g/mol. The first kappa shape index (κ1) is 51.5. The van der Waals surface area contributed by atoms with E-state index in [0.29, 0.717) is 48.5 Å². The van der Waals surface area contributed by atoms with Crippen LogP contribution in [0.25, 0.3) is 0 Å². The lowest BCUT2D eigenvalue weighted by molar-refractivity contribution is -0.290. The lowest BCUT2D eigenvalue weighted by Gasteiger charge is -2.38. The highest BCUT2D eigenvalue weighted by Gasteiger charge is 2.74. The third kappa shape index (κ3) is 9.51. The normalized spacial score (nSPS) is 12.4. The second kappa shape index (κ2) is 18.6. The molecule has 0 bridgehead atoms. The minimum atomic E-state index is -6.23. The van der Waals surface area contributed by atoms with Crippen LogP contribution in [-0.4, -0.2) is 74.6 Å². The molecule has 26 heteroatoms. The van der Waals surface area contributed by atoms with Gasteiger partial charge in [-0.1, -0.05) is 30.3 Å². The summed E-state index contributed by atoms with van der Waals surface area (Å²) in [6.45, 7) is 1.75. The van der Waals surface area contributed by atoms with Crippen molar-refractivity contribution in [2.75, 3.05) is 21.3 Å². The zero-order valence-electron chi connectivity index (χ0n) is 34.3. The highest BCUT2D eigenvalue weighted by Crippen LogP contribution is 2.59. The van der Waals surface area contributed by atoms with Gasteiger partial charge < -0.3 is 40.8 Å². The first-order chi connectivity index (χ1) is 31.4. The van der Waals surface area contributed by atoms with E-state index in [2.05, 4.69) is 9.31 Å². The summed E-state index contributed by atoms with van der Waals surface area (Å²) in [7, 11) is 10.3. The van der Waals surface area contributed by atoms with Crippen LogP contribution in [0.2, 0.25) is 0 Å². The van der Waals surface area contributed by atoms with E-state index in [0.717, 1.165) is 38.1 Å². The van der Waals surface area contributed by atoms with Crippen molar-refractivity contribution in [2.45, 2.75) is 49.4 Å². The Morgan fingerprint density at radius 2 is 0.735 bits per heavy atom. The van der Waals surface area contributed by atoms with E-state index < -0.39 is 138 Å². The van der Waals surface area contributed by atoms with Gasteiger partial charge in [-0.15, -0.1) is 0 Å². The van der Waals surface area contributed by atoms with Gasteiger partial charge in [0.15, 0.2) is 0 Å². The number of amides is 4. The van der Waals surface area contributed by atoms with E-state index in [1.165, 1.54) is 0 Å². The highest BCUT2D eigenvalue weighted by atomic mass is 19.4. The molecular formula is C42H28B2F12N4O8. The molecule has 5 rings (SSSR count). The molecule has 12 nitrogen and oxygen atoms in total. The predicted octanol–water partition coefficient (Wildman–Crippen LogP) is 9.27. The molecule has 5 aromatic rings. The Kier molecular flexibility index (Phi) is 14.1. The minimum Gasteiger partial charge on any atom is -0.566 e. The summed E-state index contributed by atoms with van der Waals surface area (Å²) in [5, 5.41) is 28.5. The van der Waals surface area contributed by atoms with Gasteiger partial charge in [-0.05, 0) is 89.0 Å². The van der Waals surface area contributed by atoms with E-state index in [1.54, 1.807) is 0 Å². The molecule has 0 atom stereocenters. The van der Waals surface area contributed by atoms with Crippen molar-refractivity contribution in [3.05, 3.63) is 130 Å². The second-order valence-corrected chi connectivity index (χ2v) is 14.5. The number of anilines is 4. The number of carbonyl (C=O) groups excluding carboxylic acids is 4. The zero-order valence-corrected chi connectivity index (χ0v) is 34.3. The van der Waals surface area contributed by atoms with E-state index in [9.17, 15) is 29.4 Å². The molecule has 4 radical (unpaired) electrons. The molecule has 4 amide bonds. The van der Waals surface area contributed by atoms with Crippen molar-refractivity contribution < 1.29 is 91.4 Å². The third-order valence-corrected chi connectivity index (χ3v) is 10.1. The Morgan fingerprint density at radius 3 is 1.07 bits per heavy atom. The smallest absolute Gasteiger partial charge is 0.411 e. The van der Waals surface area contributed by atoms with Gasteiger partial charge in [-0.3, -0.25) is 19.2 Å². The first-order valence-corrected chi connectivity index (χ1v) is 18.7. The largest absolute Gasteiger partial charge is 0.566 e. The molecule has 0 saturated heterocycles. The van der Waals surface area contributed by atoms with Crippen LogP contribution in [0.4, 0.5) is 75.4 Å². The summed E-state index contributed by atoms with van der Waals surface area (Å²) in [6, 6.07) is 7.79. The van der Waals surface area contributed by atoms with Gasteiger partial charge in [0.2, 0.25) is 22.6 Å². The molecule has 0 fully saturated rings. The first-order valence-electron chi connectivity index (χ1n) is 18.7. The van der Waals surface area contributed by atoms with Gasteiger partial charge in [-0.2, -0.15) is 52.7 Å². The monoisotopic (exact) mass is 966 g/mol. The van der Waals surface area contributed by atoms with Crippen LogP contribution in [-0.2, 0) is 20.4 Å². The fourth-order valence-electron chi connectivity index (χ4n) is 7.20. The van der Waals surface area contributed by atoms with Crippen molar-refractivity contribution in [1.82, 2.24) is 0 Å². The number of alkyl halides is 12. The number of hydrogen-bond acceptors (Lipinski definition) is 8. The summed E-state index contributed by atoms with van der Waals surface area (Å²) >= 11 is 0. The second-order valence-electron chi connectivity index (χ2n) is 14.5. The molecule has 0 aromatic heterocycles. The average Bonchev–Trinajstić information content (AvgIpc) is 3.21. The summed E-state index contributed by atoms with van der Waals surface area (Å²) in [5.74, 6) is -7.88. The lowest BCUT2D eigenvalue weighted by Crippen LogP contribution is -2.54. The van der Waals surface area contributed by atoms with Crippen molar-refractivity contribution in [3.63, 3.8) is 0 Å². The third-order valence-electron chi connectivity index (χ3n) is 10.1. The molecule has 0 aliphatic carbocycles. The van der Waals surface area contributed by atoms with Crippen LogP contribution in [0.5, 0.6) is 23.0 Å². The quantitative estimate of drug-likeness (QED) is 0.0408. The molecule has 0 spiro atoms. The Hall–Kier alpha value is -7.53. The van der Waals surface area contributed by atoms with Crippen LogP contribution >= 0.6 is 0 Å². The zero-order chi connectivity index (χ0) is 50.9. The molecule has 0 unspecified atom stereocenters. The number of phenols is 2. The van der Waals surface area contributed by atoms with Gasteiger partial charge in [0, 0.05) is 25.0 Å². The molecular weight excluding hydrogens is 938 g/mol. The standard InChI is InChI=1S/C42H28B2F12N4O8/c1-19(61)57-27-15-23(6-10-31(27)63)37(39(45,46)47,40(48,49)50)26-9-13-34(68-44)30(18-26)60-36(66)22-5-3-4-21(14-22)35(65)59-28-16-24(7-11-32(28)64)38(41(51,52)53,42(54,55)56)25-8-12-33(67-43)29(17-25)58-20(2)62/h3-18,63-64H,1-2H3,(H,57,61)(H,58,62)(H,59,65)(H,60,66). The summed E-state index contributed by atoms with van der Waals surface area (Å²) in [4.78, 5) is 50.4. The summed E-state index contributed by atoms with van der Waals surface area (Å²) in [5.41, 5.74) is -20.8. The maximum atomic E-state index is 15.0. The SMILES string of the molecule is [B]Oc1ccc(C(c2ccc(O)c(NC(=O)c3cccc(C(=O)Nc4cc(C(c5ccc(O)c(NC(C)=O)c5)(C(F)(F)F)C(F)(F)F)ccc4O[B])c3)c2)(C(F)(F)F)C(F)(F)F)cc1NC(C)=O. The lowest BCUT2D eigenvalue weighted by atomic mass is 9.72. The maximum Gasteiger partial charge on any atom is 0.411 e. The van der Waals surface area contributed by atoms with Crippen molar-refractivity contribution in [1.29, 1.82) is 0 Å². The van der Waals surface area contributed by atoms with E-state index in [4.69, 9.17) is 16.1 Å². The number of carbonyl (C=O) groups is 4. The summed E-state index contributed by atoms with van der Waals surface area (Å²) < 4.78 is 189. The topological polar surface area (TPSA) is 175 Å². The van der Waals surface area contributed by atoms with Gasteiger partial charge >= 0.3 is 40.8 Å². The van der Waals surface area contributed by atoms with E-state index >= 15 is 52.7 Å². The highest BCUT2D eigenvalue weighted by molar-refractivity contribution is 6.10. The number of aromatic hydroxyl groups is 2. The number of nitrogens with one attached hydrogen (secondary N) is 4. The molecule has 0 saturated carbocycles. The van der Waals surface area contributed by atoms with E-state index in [1.807, 2.05) is 21.3 Å². The Bertz CT molecular complexity index is 2750. The van der Waals surface area contributed by atoms with Crippen molar-refractivity contribution in [2.24, 2.45) is 0 Å². The number of benzene rings is 5. The van der Waals surface area contributed by atoms with Gasteiger partial charge in [0.05, 0.1) is 22.7 Å². The van der Waals surface area contributed by atoms with Crippen molar-refractivity contribution >= 4 is 62.5 Å². The number of phenolic OH excluding ortho intramolecular Hbond substituents is 2. The fraction of sp³-hybridized carbons (Fsp3) is 0.190. The van der Waals surface area contributed by atoms with Crippen LogP contribution in [0.3, 0.4) is 0 Å². The molecule has 0 aliphatic rings. The fourth-order valence-corrected chi connectivity index (χ4v) is 7.20. The minimum absolute atomic E-state index is 0.151. The number of rotatable bonds is 12. The van der Waals surface area contributed by atoms with E-state index in [-0.39, 0.29) is 24.3 Å². The Balaban J connectivity index is 1.55. The summed E-state index contributed by atoms with van der Waals surface area (Å²) in [6.07, 6.45) is -24.9. The molecule has 68 heavy (non-hydrogen) atoms. The van der Waals surface area contributed by atoms with Crippen LogP contribution < -0.4 is 30.6 Å². The van der Waals surface area contributed by atoms with Crippen molar-refractivity contribution in [3.8, 4) is 23.0 Å². The molecule has 354 valence electrons. The number of halogens is 12. The molecule has 5 aromatic carbocycles. The predicted molar refractivity (Wildman–Crippen MR) is 219 cm³/mol. The Labute approximate surface area is 377 Å². The van der Waals surface area contributed by atoms with Crippen LogP contribution in [0, 0.1) is 0 Å². The number of hydrogen-bond donors (Lipinski definition) is 6. The Morgan fingerprint density at radius 1 is 0.441 bits per heavy atom. The molecule has 0 aliphatic heterocycles.